The van der Waals surface area contributed by atoms with E-state index in [1.54, 1.807) is 0 Å². The average molecular weight is 464 g/mol. The molecule has 5 rings (SSSR count). The fraction of sp³-hybridized carbons (Fsp3) is 0.655. The molecular formula is C29H41N3O2. The Morgan fingerprint density at radius 3 is 2.50 bits per heavy atom. The molecule has 3 aliphatic carbocycles. The molecule has 0 radical (unpaired) electrons. The molecule has 0 saturated heterocycles. The highest BCUT2D eigenvalue weighted by Crippen LogP contribution is 2.65. The first-order valence-corrected chi connectivity index (χ1v) is 13.1. The Bertz CT molecular complexity index is 986. The number of likely N-dealkylation sites (N-methyl/N-ethyl adjacent to an activating group) is 1. The second-order valence-electron chi connectivity index (χ2n) is 12.1. The van der Waals surface area contributed by atoms with Gasteiger partial charge in [-0.15, -0.1) is 0 Å². The Balaban J connectivity index is 1.28. The lowest BCUT2D eigenvalue weighted by molar-refractivity contribution is -0.142. The minimum atomic E-state index is 0.0615. The molecule has 5 nitrogen and oxygen atoms in total. The molecular weight excluding hydrogens is 422 g/mol. The van der Waals surface area contributed by atoms with Crippen LogP contribution in [0.1, 0.15) is 57.9 Å². The van der Waals surface area contributed by atoms with E-state index in [9.17, 15) is 9.59 Å². The number of hydrogen-bond donors (Lipinski definition) is 1. The first-order chi connectivity index (χ1) is 16.1. The van der Waals surface area contributed by atoms with Gasteiger partial charge in [0.15, 0.2) is 0 Å². The minimum Gasteiger partial charge on any atom is -0.378 e. The molecule has 0 aromatic heterocycles. The molecule has 5 heteroatoms. The predicted molar refractivity (Wildman–Crippen MR) is 136 cm³/mol. The van der Waals surface area contributed by atoms with Gasteiger partial charge in [-0.3, -0.25) is 9.59 Å². The molecule has 1 aromatic rings. The maximum atomic E-state index is 13.4. The van der Waals surface area contributed by atoms with E-state index < -0.39 is 0 Å². The van der Waals surface area contributed by atoms with Gasteiger partial charge in [0.05, 0.1) is 0 Å². The van der Waals surface area contributed by atoms with Crippen molar-refractivity contribution in [3.8, 4) is 0 Å². The van der Waals surface area contributed by atoms with Crippen molar-refractivity contribution in [1.29, 1.82) is 0 Å². The van der Waals surface area contributed by atoms with Crippen LogP contribution in [0.4, 0.5) is 5.69 Å². The fourth-order valence-corrected chi connectivity index (χ4v) is 8.39. The highest BCUT2D eigenvalue weighted by molar-refractivity contribution is 5.89. The van der Waals surface area contributed by atoms with E-state index in [4.69, 9.17) is 0 Å². The van der Waals surface area contributed by atoms with Crippen LogP contribution in [0.3, 0.4) is 0 Å². The van der Waals surface area contributed by atoms with Crippen LogP contribution in [-0.4, -0.2) is 43.9 Å². The summed E-state index contributed by atoms with van der Waals surface area (Å²) in [6.07, 6.45) is 10.7. The predicted octanol–water partition coefficient (Wildman–Crippen LogP) is 4.62. The Kier molecular flexibility index (Phi) is 5.81. The van der Waals surface area contributed by atoms with E-state index in [0.717, 1.165) is 37.7 Å². The van der Waals surface area contributed by atoms with Crippen LogP contribution in [0.15, 0.2) is 36.4 Å². The lowest BCUT2D eigenvalue weighted by Gasteiger charge is -2.60. The Morgan fingerprint density at radius 1 is 1.06 bits per heavy atom. The highest BCUT2D eigenvalue weighted by atomic mass is 16.2. The van der Waals surface area contributed by atoms with Crippen LogP contribution in [0, 0.1) is 34.5 Å². The number of hydrogen-bond acceptors (Lipinski definition) is 3. The fourth-order valence-electron chi connectivity index (χ4n) is 8.39. The molecule has 7 atom stereocenters. The zero-order valence-electron chi connectivity index (χ0n) is 21.5. The molecule has 1 N–H and O–H groups in total. The summed E-state index contributed by atoms with van der Waals surface area (Å²) in [4.78, 5) is 29.8. The van der Waals surface area contributed by atoms with Gasteiger partial charge in [-0.2, -0.15) is 0 Å². The summed E-state index contributed by atoms with van der Waals surface area (Å²) in [7, 11) is 6.06. The SMILES string of the molecule is CN(C)c1ccc(CNC(=O)[C@H]2CC[C@H]3[C@@H]4CC[C@H]5N(C)C(=O)C=C[C@]5(C)[C@H]4CC[C@]23C)cc1. The van der Waals surface area contributed by atoms with Crippen molar-refractivity contribution in [1.82, 2.24) is 10.2 Å². The van der Waals surface area contributed by atoms with Gasteiger partial charge in [0.2, 0.25) is 11.8 Å². The zero-order valence-corrected chi connectivity index (χ0v) is 21.5. The largest absolute Gasteiger partial charge is 0.378 e. The number of carbonyl (C=O) groups is 2. The Labute approximate surface area is 205 Å². The smallest absolute Gasteiger partial charge is 0.246 e. The number of benzene rings is 1. The first-order valence-electron chi connectivity index (χ1n) is 13.1. The zero-order chi connectivity index (χ0) is 24.3. The van der Waals surface area contributed by atoms with E-state index in [1.807, 2.05) is 32.1 Å². The van der Waals surface area contributed by atoms with Gasteiger partial charge >= 0.3 is 0 Å². The highest BCUT2D eigenvalue weighted by Gasteiger charge is 2.61. The molecule has 0 bridgehead atoms. The van der Waals surface area contributed by atoms with Crippen molar-refractivity contribution in [2.45, 2.75) is 65.0 Å². The molecule has 0 unspecified atom stereocenters. The van der Waals surface area contributed by atoms with Crippen LogP contribution in [0.5, 0.6) is 0 Å². The van der Waals surface area contributed by atoms with Crippen LogP contribution < -0.4 is 10.2 Å². The van der Waals surface area contributed by atoms with Crippen LogP contribution in [0.2, 0.25) is 0 Å². The molecule has 4 aliphatic rings. The van der Waals surface area contributed by atoms with Crippen molar-refractivity contribution < 1.29 is 9.59 Å². The summed E-state index contributed by atoms with van der Waals surface area (Å²) in [5, 5.41) is 3.28. The topological polar surface area (TPSA) is 52.7 Å². The van der Waals surface area contributed by atoms with Crippen molar-refractivity contribution in [2.75, 3.05) is 26.0 Å². The van der Waals surface area contributed by atoms with Gasteiger partial charge < -0.3 is 15.1 Å². The number of nitrogens with zero attached hydrogens (tertiary/aromatic N) is 2. The van der Waals surface area contributed by atoms with Gasteiger partial charge in [0.1, 0.15) is 0 Å². The second-order valence-corrected chi connectivity index (χ2v) is 12.1. The summed E-state index contributed by atoms with van der Waals surface area (Å²) in [6.45, 7) is 5.38. The van der Waals surface area contributed by atoms with E-state index in [1.165, 1.54) is 12.1 Å². The normalized spacial score (nSPS) is 38.7. The Morgan fingerprint density at radius 2 is 1.79 bits per heavy atom. The van der Waals surface area contributed by atoms with Crippen molar-refractivity contribution in [3.05, 3.63) is 42.0 Å². The molecule has 2 amide bonds. The van der Waals surface area contributed by atoms with Crippen LogP contribution >= 0.6 is 0 Å². The number of fused-ring (bicyclic) bond motifs is 5. The molecule has 184 valence electrons. The monoisotopic (exact) mass is 463 g/mol. The van der Waals surface area contributed by atoms with Crippen LogP contribution in [0.25, 0.3) is 0 Å². The number of amides is 2. The minimum absolute atomic E-state index is 0.0615. The standard InChI is InChI=1S/C29H41N3O2/c1-28-16-14-23-21(10-13-25-29(23,2)17-15-26(33)32(25)5)22(28)11-12-24(28)27(34)30-18-19-6-8-20(9-7-19)31(3)4/h6-9,15,17,21-25H,10-14,16,18H2,1-5H3,(H,30,34)/t21-,22-,23-,24+,25+,28-,29+/m0/s1. The van der Waals surface area contributed by atoms with E-state index >= 15 is 0 Å². The maximum Gasteiger partial charge on any atom is 0.246 e. The quantitative estimate of drug-likeness (QED) is 0.709. The number of carbonyl (C=O) groups excluding carboxylic acids is 2. The second kappa shape index (κ2) is 8.42. The maximum absolute atomic E-state index is 13.4. The lowest BCUT2D eigenvalue weighted by atomic mass is 9.47. The molecule has 0 spiro atoms. The summed E-state index contributed by atoms with van der Waals surface area (Å²) in [5.41, 5.74) is 2.47. The van der Waals surface area contributed by atoms with Gasteiger partial charge in [0, 0.05) is 50.7 Å². The van der Waals surface area contributed by atoms with Crippen LogP contribution in [-0.2, 0) is 16.1 Å². The van der Waals surface area contributed by atoms with E-state index in [2.05, 4.69) is 54.4 Å². The van der Waals surface area contributed by atoms with E-state index in [-0.39, 0.29) is 28.6 Å². The molecule has 3 fully saturated rings. The van der Waals surface area contributed by atoms with Gasteiger partial charge in [-0.05, 0) is 85.5 Å². The average Bonchev–Trinajstić information content (AvgIpc) is 3.18. The first kappa shape index (κ1) is 23.4. The summed E-state index contributed by atoms with van der Waals surface area (Å²) < 4.78 is 0. The number of anilines is 1. The third-order valence-electron chi connectivity index (χ3n) is 10.4. The molecule has 1 aliphatic heterocycles. The van der Waals surface area contributed by atoms with Crippen molar-refractivity contribution >= 4 is 17.5 Å². The number of nitrogens with one attached hydrogen (secondary N) is 1. The third kappa shape index (κ3) is 3.58. The van der Waals surface area contributed by atoms with Crippen molar-refractivity contribution in [3.63, 3.8) is 0 Å². The molecule has 1 heterocycles. The van der Waals surface area contributed by atoms with E-state index in [0.29, 0.717) is 30.3 Å². The molecule has 3 saturated carbocycles. The summed E-state index contributed by atoms with van der Waals surface area (Å²) in [5.74, 6) is 2.36. The van der Waals surface area contributed by atoms with Gasteiger partial charge in [-0.25, -0.2) is 0 Å². The van der Waals surface area contributed by atoms with Gasteiger partial charge in [-0.1, -0.05) is 32.1 Å². The Hall–Kier alpha value is -2.30. The number of rotatable bonds is 4. The summed E-state index contributed by atoms with van der Waals surface area (Å²) in [6, 6.07) is 8.75. The molecule has 1 aromatic carbocycles. The lowest BCUT2D eigenvalue weighted by Crippen LogP contribution is -2.59. The third-order valence-corrected chi connectivity index (χ3v) is 10.4. The summed E-state index contributed by atoms with van der Waals surface area (Å²) >= 11 is 0. The van der Waals surface area contributed by atoms with Crippen molar-refractivity contribution in [2.24, 2.45) is 34.5 Å². The van der Waals surface area contributed by atoms with Gasteiger partial charge in [0.25, 0.3) is 0 Å². The molecule has 34 heavy (non-hydrogen) atoms.